The summed E-state index contributed by atoms with van der Waals surface area (Å²) in [5.41, 5.74) is 1.35. The molecule has 1 aliphatic heterocycles. The normalized spacial score (nSPS) is 17.6. The number of fused-ring (bicyclic) bond motifs is 1. The van der Waals surface area contributed by atoms with Gasteiger partial charge in [-0.1, -0.05) is 6.07 Å². The quantitative estimate of drug-likeness (QED) is 0.877. The summed E-state index contributed by atoms with van der Waals surface area (Å²) in [4.78, 5) is 12.6. The van der Waals surface area contributed by atoms with Crippen LogP contribution in [0.4, 0.5) is 5.69 Å². The van der Waals surface area contributed by atoms with Crippen molar-refractivity contribution in [3.63, 3.8) is 0 Å². The molecule has 94 valence electrons. The van der Waals surface area contributed by atoms with Crippen molar-refractivity contribution in [3.8, 4) is 11.8 Å². The van der Waals surface area contributed by atoms with E-state index in [9.17, 15) is 4.79 Å². The van der Waals surface area contributed by atoms with Gasteiger partial charge in [-0.2, -0.15) is 5.26 Å². The molecule has 1 aromatic rings. The van der Waals surface area contributed by atoms with E-state index in [4.69, 9.17) is 15.1 Å². The Morgan fingerprint density at radius 3 is 3.11 bits per heavy atom. The van der Waals surface area contributed by atoms with Crippen LogP contribution < -0.4 is 9.64 Å². The Morgan fingerprint density at radius 1 is 1.67 bits per heavy atom. The number of nitrogens with zero attached hydrogens (tertiary/aromatic N) is 2. The van der Waals surface area contributed by atoms with Gasteiger partial charge in [0.1, 0.15) is 12.7 Å². The van der Waals surface area contributed by atoms with E-state index in [1.165, 1.54) is 0 Å². The number of nitriles is 1. The Balaban J connectivity index is 2.21. The maximum Gasteiger partial charge on any atom is 0.303 e. The summed E-state index contributed by atoms with van der Waals surface area (Å²) in [7, 11) is 1.90. The molecule has 0 radical (unpaired) electrons. The van der Waals surface area contributed by atoms with Gasteiger partial charge in [-0.25, -0.2) is 0 Å². The third-order valence-electron chi connectivity index (χ3n) is 3.15. The molecule has 1 heterocycles. The summed E-state index contributed by atoms with van der Waals surface area (Å²) in [6.07, 6.45) is 0.647. The van der Waals surface area contributed by atoms with Crippen molar-refractivity contribution in [2.24, 2.45) is 0 Å². The zero-order valence-electron chi connectivity index (χ0n) is 10.1. The number of rotatable bonds is 3. The second-order valence-corrected chi connectivity index (χ2v) is 4.27. The molecule has 0 saturated carbocycles. The van der Waals surface area contributed by atoms with Crippen molar-refractivity contribution in [1.29, 1.82) is 5.26 Å². The van der Waals surface area contributed by atoms with E-state index in [1.54, 1.807) is 12.1 Å². The van der Waals surface area contributed by atoms with Crippen molar-refractivity contribution in [2.45, 2.75) is 18.9 Å². The number of carbonyl (C=O) groups is 1. The van der Waals surface area contributed by atoms with Gasteiger partial charge >= 0.3 is 5.97 Å². The SMILES string of the molecule is CN1c2cccc(C#N)c2OCC1CCC(=O)O. The van der Waals surface area contributed by atoms with Gasteiger partial charge in [-0.15, -0.1) is 0 Å². The van der Waals surface area contributed by atoms with Crippen molar-refractivity contribution >= 4 is 11.7 Å². The number of hydrogen-bond donors (Lipinski definition) is 1. The Morgan fingerprint density at radius 2 is 2.44 bits per heavy atom. The summed E-state index contributed by atoms with van der Waals surface area (Å²) in [6.45, 7) is 0.412. The van der Waals surface area contributed by atoms with Crippen molar-refractivity contribution in [1.82, 2.24) is 0 Å². The van der Waals surface area contributed by atoms with E-state index in [0.717, 1.165) is 5.69 Å². The summed E-state index contributed by atoms with van der Waals surface area (Å²) < 4.78 is 5.60. The van der Waals surface area contributed by atoms with Crippen LogP contribution in [-0.2, 0) is 4.79 Å². The molecule has 1 aromatic carbocycles. The number of para-hydroxylation sites is 1. The molecule has 0 amide bonds. The topological polar surface area (TPSA) is 73.6 Å². The maximum absolute atomic E-state index is 10.6. The van der Waals surface area contributed by atoms with Crippen LogP contribution in [0.15, 0.2) is 18.2 Å². The highest BCUT2D eigenvalue weighted by molar-refractivity contribution is 5.68. The van der Waals surface area contributed by atoms with Crippen LogP contribution in [-0.4, -0.2) is 30.8 Å². The number of carboxylic acids is 1. The minimum Gasteiger partial charge on any atom is -0.488 e. The zero-order chi connectivity index (χ0) is 13.1. The van der Waals surface area contributed by atoms with Crippen LogP contribution in [0.2, 0.25) is 0 Å². The predicted molar refractivity (Wildman–Crippen MR) is 65.7 cm³/mol. The molecule has 0 saturated heterocycles. The third kappa shape index (κ3) is 2.23. The molecule has 1 atom stereocenters. The largest absolute Gasteiger partial charge is 0.488 e. The highest BCUT2D eigenvalue weighted by Crippen LogP contribution is 2.36. The second-order valence-electron chi connectivity index (χ2n) is 4.27. The van der Waals surface area contributed by atoms with E-state index < -0.39 is 5.97 Å². The van der Waals surface area contributed by atoms with Gasteiger partial charge < -0.3 is 14.7 Å². The van der Waals surface area contributed by atoms with Gasteiger partial charge in [0.05, 0.1) is 17.3 Å². The highest BCUT2D eigenvalue weighted by atomic mass is 16.5. The summed E-state index contributed by atoms with van der Waals surface area (Å²) in [5, 5.41) is 17.7. The molecular weight excluding hydrogens is 232 g/mol. The number of aliphatic carboxylic acids is 1. The van der Waals surface area contributed by atoms with E-state index in [1.807, 2.05) is 18.0 Å². The van der Waals surface area contributed by atoms with Gasteiger partial charge in [0.2, 0.25) is 0 Å². The predicted octanol–water partition coefficient (Wildman–Crippen LogP) is 1.62. The second kappa shape index (κ2) is 4.96. The van der Waals surface area contributed by atoms with Gasteiger partial charge in [0.25, 0.3) is 0 Å². The van der Waals surface area contributed by atoms with Crippen LogP contribution in [0.1, 0.15) is 18.4 Å². The molecule has 5 heteroatoms. The Bertz CT molecular complexity index is 507. The van der Waals surface area contributed by atoms with Crippen LogP contribution in [0.25, 0.3) is 0 Å². The maximum atomic E-state index is 10.6. The van der Waals surface area contributed by atoms with E-state index in [0.29, 0.717) is 24.3 Å². The fraction of sp³-hybridized carbons (Fsp3) is 0.385. The number of ether oxygens (including phenoxy) is 1. The van der Waals surface area contributed by atoms with Crippen LogP contribution in [0.3, 0.4) is 0 Å². The van der Waals surface area contributed by atoms with Crippen molar-refractivity contribution in [2.75, 3.05) is 18.6 Å². The lowest BCUT2D eigenvalue weighted by molar-refractivity contribution is -0.137. The molecule has 2 rings (SSSR count). The fourth-order valence-corrected chi connectivity index (χ4v) is 2.10. The van der Waals surface area contributed by atoms with Crippen molar-refractivity contribution in [3.05, 3.63) is 23.8 Å². The molecule has 5 nitrogen and oxygen atoms in total. The van der Waals surface area contributed by atoms with Gasteiger partial charge in [-0.3, -0.25) is 4.79 Å². The fourth-order valence-electron chi connectivity index (χ4n) is 2.10. The Labute approximate surface area is 105 Å². The molecule has 0 bridgehead atoms. The molecule has 18 heavy (non-hydrogen) atoms. The standard InChI is InChI=1S/C13H14N2O3/c1-15-10(5-6-12(16)17)8-18-13-9(7-14)3-2-4-11(13)15/h2-4,10H,5-6,8H2,1H3,(H,16,17). The van der Waals surface area contributed by atoms with Crippen LogP contribution in [0, 0.1) is 11.3 Å². The minimum absolute atomic E-state index is 0.0301. The smallest absolute Gasteiger partial charge is 0.303 e. The van der Waals surface area contributed by atoms with Gasteiger partial charge in [0.15, 0.2) is 5.75 Å². The number of benzene rings is 1. The first-order valence-corrected chi connectivity index (χ1v) is 5.74. The molecule has 1 aliphatic rings. The van der Waals surface area contributed by atoms with E-state index >= 15 is 0 Å². The van der Waals surface area contributed by atoms with Gasteiger partial charge in [0, 0.05) is 13.5 Å². The van der Waals surface area contributed by atoms with E-state index in [2.05, 4.69) is 6.07 Å². The Kier molecular flexibility index (Phi) is 3.38. The van der Waals surface area contributed by atoms with Crippen LogP contribution in [0.5, 0.6) is 5.75 Å². The monoisotopic (exact) mass is 246 g/mol. The van der Waals surface area contributed by atoms with E-state index in [-0.39, 0.29) is 12.5 Å². The molecule has 1 unspecified atom stereocenters. The molecular formula is C13H14N2O3. The number of anilines is 1. The zero-order valence-corrected chi connectivity index (χ0v) is 10.1. The molecule has 0 aliphatic carbocycles. The third-order valence-corrected chi connectivity index (χ3v) is 3.15. The lowest BCUT2D eigenvalue weighted by atomic mass is 10.1. The summed E-state index contributed by atoms with van der Waals surface area (Å²) in [6, 6.07) is 7.52. The highest BCUT2D eigenvalue weighted by Gasteiger charge is 2.26. The Hall–Kier alpha value is -2.22. The molecule has 1 N–H and O–H groups in total. The first-order valence-electron chi connectivity index (χ1n) is 5.74. The van der Waals surface area contributed by atoms with Crippen molar-refractivity contribution < 1.29 is 14.6 Å². The summed E-state index contributed by atoms with van der Waals surface area (Å²) >= 11 is 0. The van der Waals surface area contributed by atoms with Gasteiger partial charge in [-0.05, 0) is 18.6 Å². The first-order chi connectivity index (χ1) is 8.63. The summed E-state index contributed by atoms with van der Waals surface area (Å²) in [5.74, 6) is -0.214. The minimum atomic E-state index is -0.806. The van der Waals surface area contributed by atoms with Crippen LogP contribution >= 0.6 is 0 Å². The number of carboxylic acid groups (broad SMARTS) is 1. The number of hydrogen-bond acceptors (Lipinski definition) is 4. The number of likely N-dealkylation sites (N-methyl/N-ethyl adjacent to an activating group) is 1. The molecule has 0 fully saturated rings. The lowest BCUT2D eigenvalue weighted by Crippen LogP contribution is -2.40. The lowest BCUT2D eigenvalue weighted by Gasteiger charge is -2.36. The average molecular weight is 246 g/mol. The molecule has 0 aromatic heterocycles. The molecule has 0 spiro atoms. The first kappa shape index (κ1) is 12.2. The average Bonchev–Trinajstić information content (AvgIpc) is 2.37.